The van der Waals surface area contributed by atoms with Gasteiger partial charge in [-0.1, -0.05) is 32.0 Å². The maximum absolute atomic E-state index is 13.6. The standard InChI is InChI=1S/C25H25N3O/c1-14-10-15(13-26)11-20-21(14)22-23(29)18-5-4-17(16-6-8-27-9-7-16)12-19(18)25(2,3)24(22)28-20/h4-5,10-12,16,27-28H,6-9H2,1-3H3. The first kappa shape index (κ1) is 18.1. The first-order valence-corrected chi connectivity index (χ1v) is 10.4. The van der Waals surface area contributed by atoms with E-state index in [0.29, 0.717) is 11.5 Å². The van der Waals surface area contributed by atoms with Crippen LogP contribution in [0.15, 0.2) is 30.3 Å². The molecular weight excluding hydrogens is 358 g/mol. The van der Waals surface area contributed by atoms with Crippen molar-refractivity contribution >= 4 is 16.7 Å². The smallest absolute Gasteiger partial charge is 0.195 e. The van der Waals surface area contributed by atoms with Crippen molar-refractivity contribution in [3.63, 3.8) is 0 Å². The number of hydrogen-bond donors (Lipinski definition) is 2. The van der Waals surface area contributed by atoms with Crippen LogP contribution in [0.2, 0.25) is 0 Å². The van der Waals surface area contributed by atoms with Gasteiger partial charge in [-0.2, -0.15) is 5.26 Å². The molecule has 1 aromatic heterocycles. The topological polar surface area (TPSA) is 68.7 Å². The number of aryl methyl sites for hydroxylation is 1. The normalized spacial score (nSPS) is 18.3. The molecule has 1 saturated heterocycles. The van der Waals surface area contributed by atoms with E-state index in [1.807, 2.05) is 25.1 Å². The van der Waals surface area contributed by atoms with Crippen molar-refractivity contribution in [3.8, 4) is 6.07 Å². The Kier molecular flexibility index (Phi) is 3.94. The summed E-state index contributed by atoms with van der Waals surface area (Å²) in [6.07, 6.45) is 2.28. The van der Waals surface area contributed by atoms with Gasteiger partial charge in [-0.15, -0.1) is 0 Å². The Labute approximate surface area is 170 Å². The third-order valence-electron chi connectivity index (χ3n) is 6.85. The van der Waals surface area contributed by atoms with Crippen LogP contribution in [0.5, 0.6) is 0 Å². The van der Waals surface area contributed by atoms with Crippen LogP contribution in [0.3, 0.4) is 0 Å². The van der Waals surface area contributed by atoms with Crippen LogP contribution in [0.1, 0.15) is 76.5 Å². The average Bonchev–Trinajstić information content (AvgIpc) is 3.14. The Bertz CT molecular complexity index is 1200. The lowest BCUT2D eigenvalue weighted by Gasteiger charge is -2.33. The number of benzene rings is 2. The Hall–Kier alpha value is -2.90. The van der Waals surface area contributed by atoms with Crippen LogP contribution in [-0.4, -0.2) is 23.9 Å². The van der Waals surface area contributed by atoms with E-state index in [-0.39, 0.29) is 11.2 Å². The summed E-state index contributed by atoms with van der Waals surface area (Å²) in [5.74, 6) is 0.641. The fourth-order valence-electron chi connectivity index (χ4n) is 5.26. The highest BCUT2D eigenvalue weighted by molar-refractivity contribution is 6.20. The molecule has 0 spiro atoms. The van der Waals surface area contributed by atoms with Crippen LogP contribution in [0, 0.1) is 18.3 Å². The fourth-order valence-corrected chi connectivity index (χ4v) is 5.26. The van der Waals surface area contributed by atoms with E-state index < -0.39 is 0 Å². The SMILES string of the molecule is Cc1cc(C#N)cc2[nH]c3c(c12)C(=O)c1ccc(C2CCNCC2)cc1C3(C)C. The zero-order valence-electron chi connectivity index (χ0n) is 17.1. The average molecular weight is 383 g/mol. The van der Waals surface area contributed by atoms with Gasteiger partial charge in [0.2, 0.25) is 0 Å². The summed E-state index contributed by atoms with van der Waals surface area (Å²) < 4.78 is 0. The van der Waals surface area contributed by atoms with E-state index in [0.717, 1.165) is 64.8 Å². The first-order chi connectivity index (χ1) is 13.9. The minimum absolute atomic E-state index is 0.0882. The molecule has 0 saturated carbocycles. The van der Waals surface area contributed by atoms with Crippen LogP contribution in [-0.2, 0) is 5.41 Å². The van der Waals surface area contributed by atoms with Crippen molar-refractivity contribution in [1.29, 1.82) is 5.26 Å². The zero-order chi connectivity index (χ0) is 20.3. The van der Waals surface area contributed by atoms with Crippen molar-refractivity contribution in [2.24, 2.45) is 0 Å². The molecule has 5 rings (SSSR count). The number of H-pyrrole nitrogens is 1. The van der Waals surface area contributed by atoms with Crippen LogP contribution in [0.4, 0.5) is 0 Å². The second-order valence-electron chi connectivity index (χ2n) is 8.99. The highest BCUT2D eigenvalue weighted by Gasteiger charge is 2.40. The highest BCUT2D eigenvalue weighted by Crippen LogP contribution is 2.45. The summed E-state index contributed by atoms with van der Waals surface area (Å²) in [7, 11) is 0. The summed E-state index contributed by atoms with van der Waals surface area (Å²) in [5.41, 5.74) is 7.15. The zero-order valence-corrected chi connectivity index (χ0v) is 17.1. The molecule has 0 atom stereocenters. The number of nitriles is 1. The van der Waals surface area contributed by atoms with E-state index in [1.165, 1.54) is 5.56 Å². The molecule has 1 fully saturated rings. The second-order valence-corrected chi connectivity index (χ2v) is 8.99. The number of nitrogens with zero attached hydrogens (tertiary/aromatic N) is 1. The van der Waals surface area contributed by atoms with Crippen molar-refractivity contribution in [1.82, 2.24) is 10.3 Å². The van der Waals surface area contributed by atoms with Crippen LogP contribution >= 0.6 is 0 Å². The Morgan fingerprint density at radius 1 is 1.14 bits per heavy atom. The molecule has 1 aliphatic carbocycles. The number of carbonyl (C=O) groups excluding carboxylic acids is 1. The van der Waals surface area contributed by atoms with Crippen molar-refractivity contribution in [2.75, 3.05) is 13.1 Å². The quantitative estimate of drug-likeness (QED) is 0.641. The van der Waals surface area contributed by atoms with E-state index in [4.69, 9.17) is 0 Å². The molecule has 4 heteroatoms. The maximum Gasteiger partial charge on any atom is 0.195 e. The van der Waals surface area contributed by atoms with Gasteiger partial charge in [0, 0.05) is 27.6 Å². The molecule has 0 radical (unpaired) electrons. The minimum atomic E-state index is -0.306. The lowest BCUT2D eigenvalue weighted by Crippen LogP contribution is -2.31. The molecule has 146 valence electrons. The molecule has 3 aromatic rings. The molecule has 0 bridgehead atoms. The third kappa shape index (κ3) is 2.58. The molecule has 29 heavy (non-hydrogen) atoms. The van der Waals surface area contributed by atoms with E-state index >= 15 is 0 Å². The minimum Gasteiger partial charge on any atom is -0.357 e. The number of aromatic amines is 1. The van der Waals surface area contributed by atoms with Crippen molar-refractivity contribution in [3.05, 3.63) is 69.4 Å². The fraction of sp³-hybridized carbons (Fsp3) is 0.360. The molecular formula is C25H25N3O. The van der Waals surface area contributed by atoms with Crippen LogP contribution in [0.25, 0.3) is 10.9 Å². The summed E-state index contributed by atoms with van der Waals surface area (Å²) in [6, 6.07) is 12.4. The summed E-state index contributed by atoms with van der Waals surface area (Å²) in [4.78, 5) is 17.1. The van der Waals surface area contributed by atoms with Gasteiger partial charge >= 0.3 is 0 Å². The number of rotatable bonds is 1. The molecule has 0 amide bonds. The Balaban J connectivity index is 1.72. The predicted octanol–water partition coefficient (Wildman–Crippen LogP) is 4.69. The summed E-state index contributed by atoms with van der Waals surface area (Å²) in [5, 5.41) is 13.7. The van der Waals surface area contributed by atoms with Gasteiger partial charge in [-0.25, -0.2) is 0 Å². The summed E-state index contributed by atoms with van der Waals surface area (Å²) >= 11 is 0. The maximum atomic E-state index is 13.6. The molecule has 2 aromatic carbocycles. The van der Waals surface area contributed by atoms with Crippen molar-refractivity contribution < 1.29 is 4.79 Å². The highest BCUT2D eigenvalue weighted by atomic mass is 16.1. The van der Waals surface area contributed by atoms with E-state index in [9.17, 15) is 10.1 Å². The van der Waals surface area contributed by atoms with Gasteiger partial charge in [0.25, 0.3) is 0 Å². The van der Waals surface area contributed by atoms with Gasteiger partial charge in [-0.3, -0.25) is 4.79 Å². The Morgan fingerprint density at radius 3 is 2.62 bits per heavy atom. The Morgan fingerprint density at radius 2 is 1.90 bits per heavy atom. The van der Waals surface area contributed by atoms with Gasteiger partial charge in [0.1, 0.15) is 0 Å². The third-order valence-corrected chi connectivity index (χ3v) is 6.85. The molecule has 2 heterocycles. The number of nitrogens with one attached hydrogen (secondary N) is 2. The lowest BCUT2D eigenvalue weighted by molar-refractivity contribution is 0.103. The van der Waals surface area contributed by atoms with Gasteiger partial charge in [0.05, 0.1) is 17.2 Å². The van der Waals surface area contributed by atoms with Crippen LogP contribution < -0.4 is 5.32 Å². The van der Waals surface area contributed by atoms with Gasteiger partial charge in [-0.05, 0) is 67.6 Å². The van der Waals surface area contributed by atoms with Crippen molar-refractivity contribution in [2.45, 2.75) is 44.9 Å². The molecule has 2 N–H and O–H groups in total. The summed E-state index contributed by atoms with van der Waals surface area (Å²) in [6.45, 7) is 8.47. The van der Waals surface area contributed by atoms with E-state index in [2.05, 4.69) is 42.4 Å². The lowest BCUT2D eigenvalue weighted by atomic mass is 9.70. The molecule has 0 unspecified atom stereocenters. The van der Waals surface area contributed by atoms with Gasteiger partial charge in [0.15, 0.2) is 5.78 Å². The molecule has 4 nitrogen and oxygen atoms in total. The number of ketones is 1. The van der Waals surface area contributed by atoms with Gasteiger partial charge < -0.3 is 10.3 Å². The second kappa shape index (κ2) is 6.30. The first-order valence-electron chi connectivity index (χ1n) is 10.4. The number of piperidine rings is 1. The molecule has 1 aliphatic heterocycles. The molecule has 2 aliphatic rings. The number of fused-ring (bicyclic) bond motifs is 4. The largest absolute Gasteiger partial charge is 0.357 e. The predicted molar refractivity (Wildman–Crippen MR) is 115 cm³/mol. The number of aromatic nitrogens is 1. The van der Waals surface area contributed by atoms with E-state index in [1.54, 1.807) is 0 Å². The number of hydrogen-bond acceptors (Lipinski definition) is 3. The monoisotopic (exact) mass is 383 g/mol. The number of carbonyl (C=O) groups is 1.